The summed E-state index contributed by atoms with van der Waals surface area (Å²) in [5.41, 5.74) is 1.85. The van der Waals surface area contributed by atoms with Crippen molar-refractivity contribution in [1.82, 2.24) is 0 Å². The molecule has 3 nitrogen and oxygen atoms in total. The highest BCUT2D eigenvalue weighted by Gasteiger charge is 2.13. The van der Waals surface area contributed by atoms with Gasteiger partial charge in [0.25, 0.3) is 0 Å². The van der Waals surface area contributed by atoms with E-state index >= 15 is 0 Å². The predicted molar refractivity (Wildman–Crippen MR) is 73.6 cm³/mol. The minimum Gasteiger partial charge on any atom is -0.507 e. The molecule has 0 aliphatic heterocycles. The fraction of sp³-hybridized carbons (Fsp3) is 0.188. The average Bonchev–Trinajstić information content (AvgIpc) is 2.45. The summed E-state index contributed by atoms with van der Waals surface area (Å²) in [6.45, 7) is 0.589. The number of methoxy groups -OCH3 is 1. The molecule has 0 aliphatic rings. The largest absolute Gasteiger partial charge is 0.507 e. The molecule has 0 heterocycles. The van der Waals surface area contributed by atoms with Gasteiger partial charge in [-0.1, -0.05) is 36.4 Å². The quantitative estimate of drug-likeness (QED) is 0.837. The van der Waals surface area contributed by atoms with Gasteiger partial charge in [0.1, 0.15) is 5.75 Å². The van der Waals surface area contributed by atoms with Crippen LogP contribution in [-0.4, -0.2) is 24.6 Å². The molecule has 2 rings (SSSR count). The Morgan fingerprint density at radius 3 is 2.53 bits per heavy atom. The molecular weight excluding hydrogens is 240 g/mol. The number of aromatic hydroxyl groups is 1. The van der Waals surface area contributed by atoms with Crippen LogP contribution in [0.15, 0.2) is 48.5 Å². The lowest BCUT2D eigenvalue weighted by Gasteiger charge is -2.06. The summed E-state index contributed by atoms with van der Waals surface area (Å²) in [6.07, 6.45) is 0.712. The summed E-state index contributed by atoms with van der Waals surface area (Å²) >= 11 is 0. The number of phenols is 1. The number of ketones is 1. The van der Waals surface area contributed by atoms with Gasteiger partial charge >= 0.3 is 0 Å². The molecule has 0 bridgehead atoms. The predicted octanol–water partition coefficient (Wildman–Crippen LogP) is 2.81. The van der Waals surface area contributed by atoms with E-state index < -0.39 is 0 Å². The molecule has 0 aromatic heterocycles. The van der Waals surface area contributed by atoms with Crippen LogP contribution in [0.2, 0.25) is 0 Å². The van der Waals surface area contributed by atoms with Gasteiger partial charge in [-0.2, -0.15) is 0 Å². The smallest absolute Gasteiger partial charge is 0.196 e. The second-order valence-corrected chi connectivity index (χ2v) is 4.29. The van der Waals surface area contributed by atoms with Gasteiger partial charge in [-0.15, -0.1) is 0 Å². The van der Waals surface area contributed by atoms with Crippen LogP contribution >= 0.6 is 0 Å². The number of carbonyl (C=O) groups is 1. The number of rotatable bonds is 5. The van der Waals surface area contributed by atoms with E-state index in [0.717, 1.165) is 5.56 Å². The first kappa shape index (κ1) is 13.3. The second-order valence-electron chi connectivity index (χ2n) is 4.29. The first-order valence-corrected chi connectivity index (χ1v) is 6.13. The SMILES string of the molecule is COCCc1ccc(C(=O)c2ccccc2)c(O)c1. The van der Waals surface area contributed by atoms with Crippen molar-refractivity contribution in [1.29, 1.82) is 0 Å². The van der Waals surface area contributed by atoms with E-state index in [4.69, 9.17) is 4.74 Å². The van der Waals surface area contributed by atoms with Crippen LogP contribution in [0.5, 0.6) is 5.75 Å². The molecule has 0 atom stereocenters. The monoisotopic (exact) mass is 256 g/mol. The van der Waals surface area contributed by atoms with Crippen molar-refractivity contribution in [3.05, 3.63) is 65.2 Å². The van der Waals surface area contributed by atoms with Crippen molar-refractivity contribution in [2.75, 3.05) is 13.7 Å². The van der Waals surface area contributed by atoms with Gasteiger partial charge in [0, 0.05) is 12.7 Å². The second kappa shape index (κ2) is 6.16. The highest BCUT2D eigenvalue weighted by atomic mass is 16.5. The third-order valence-electron chi connectivity index (χ3n) is 2.94. The number of ether oxygens (including phenoxy) is 1. The van der Waals surface area contributed by atoms with Gasteiger partial charge in [-0.05, 0) is 24.1 Å². The Kier molecular flexibility index (Phi) is 4.31. The van der Waals surface area contributed by atoms with Crippen molar-refractivity contribution < 1.29 is 14.6 Å². The number of hydrogen-bond donors (Lipinski definition) is 1. The van der Waals surface area contributed by atoms with Crippen molar-refractivity contribution in [3.63, 3.8) is 0 Å². The summed E-state index contributed by atoms with van der Waals surface area (Å²) in [5.74, 6) is -0.154. The van der Waals surface area contributed by atoms with Crippen molar-refractivity contribution >= 4 is 5.78 Å². The number of carbonyl (C=O) groups excluding carboxylic acids is 1. The molecule has 2 aromatic carbocycles. The maximum Gasteiger partial charge on any atom is 0.196 e. The Balaban J connectivity index is 2.24. The highest BCUT2D eigenvalue weighted by Crippen LogP contribution is 2.22. The van der Waals surface area contributed by atoms with E-state index in [-0.39, 0.29) is 11.5 Å². The van der Waals surface area contributed by atoms with Gasteiger partial charge in [0.15, 0.2) is 5.78 Å². The summed E-state index contributed by atoms with van der Waals surface area (Å²) < 4.78 is 4.98. The van der Waals surface area contributed by atoms with E-state index in [1.54, 1.807) is 43.5 Å². The van der Waals surface area contributed by atoms with Crippen LogP contribution in [0.25, 0.3) is 0 Å². The summed E-state index contributed by atoms with van der Waals surface area (Å²) in [6, 6.07) is 14.1. The van der Waals surface area contributed by atoms with Crippen molar-refractivity contribution in [2.24, 2.45) is 0 Å². The van der Waals surface area contributed by atoms with Crippen LogP contribution in [0, 0.1) is 0 Å². The Morgan fingerprint density at radius 1 is 1.16 bits per heavy atom. The molecule has 0 fully saturated rings. The zero-order valence-electron chi connectivity index (χ0n) is 10.8. The Labute approximate surface area is 112 Å². The Morgan fingerprint density at radius 2 is 1.89 bits per heavy atom. The van der Waals surface area contributed by atoms with Crippen molar-refractivity contribution in [2.45, 2.75) is 6.42 Å². The molecule has 0 radical (unpaired) electrons. The number of phenolic OH excluding ortho intramolecular Hbond substituents is 1. The van der Waals surface area contributed by atoms with E-state index in [0.29, 0.717) is 24.2 Å². The average molecular weight is 256 g/mol. The molecule has 2 aromatic rings. The molecule has 98 valence electrons. The Hall–Kier alpha value is -2.13. The summed E-state index contributed by atoms with van der Waals surface area (Å²) in [4.78, 5) is 12.2. The number of hydrogen-bond acceptors (Lipinski definition) is 3. The molecule has 0 spiro atoms. The van der Waals surface area contributed by atoms with Crippen LogP contribution in [0.3, 0.4) is 0 Å². The fourth-order valence-corrected chi connectivity index (χ4v) is 1.89. The minimum absolute atomic E-state index is 0.0162. The molecule has 0 aliphatic carbocycles. The first-order chi connectivity index (χ1) is 9.22. The third-order valence-corrected chi connectivity index (χ3v) is 2.94. The van der Waals surface area contributed by atoms with Gasteiger partial charge in [0.2, 0.25) is 0 Å². The molecule has 1 N–H and O–H groups in total. The van der Waals surface area contributed by atoms with E-state index in [2.05, 4.69) is 0 Å². The van der Waals surface area contributed by atoms with Crippen LogP contribution in [0.1, 0.15) is 21.5 Å². The third kappa shape index (κ3) is 3.20. The van der Waals surface area contributed by atoms with Gasteiger partial charge in [-0.25, -0.2) is 0 Å². The van der Waals surface area contributed by atoms with E-state index in [1.807, 2.05) is 12.1 Å². The Bertz CT molecular complexity index is 561. The maximum atomic E-state index is 12.2. The van der Waals surface area contributed by atoms with Crippen molar-refractivity contribution in [3.8, 4) is 5.75 Å². The lowest BCUT2D eigenvalue weighted by molar-refractivity contribution is 0.103. The zero-order valence-corrected chi connectivity index (χ0v) is 10.8. The van der Waals surface area contributed by atoms with Gasteiger partial charge in [-0.3, -0.25) is 4.79 Å². The van der Waals surface area contributed by atoms with Crippen LogP contribution in [-0.2, 0) is 11.2 Å². The molecule has 0 amide bonds. The minimum atomic E-state index is -0.170. The van der Waals surface area contributed by atoms with Gasteiger partial charge in [0.05, 0.1) is 12.2 Å². The normalized spacial score (nSPS) is 10.4. The van der Waals surface area contributed by atoms with E-state index in [1.165, 1.54) is 0 Å². The van der Waals surface area contributed by atoms with Gasteiger partial charge < -0.3 is 9.84 Å². The first-order valence-electron chi connectivity index (χ1n) is 6.13. The topological polar surface area (TPSA) is 46.5 Å². The maximum absolute atomic E-state index is 12.2. The molecular formula is C16H16O3. The van der Waals surface area contributed by atoms with Crippen LogP contribution in [0.4, 0.5) is 0 Å². The summed E-state index contributed by atoms with van der Waals surface area (Å²) in [5, 5.41) is 9.96. The molecule has 3 heteroatoms. The fourth-order valence-electron chi connectivity index (χ4n) is 1.89. The summed E-state index contributed by atoms with van der Waals surface area (Å²) in [7, 11) is 1.63. The lowest BCUT2D eigenvalue weighted by atomic mass is 10.0. The molecule has 19 heavy (non-hydrogen) atoms. The van der Waals surface area contributed by atoms with Crippen LogP contribution < -0.4 is 0 Å². The standard InChI is InChI=1S/C16H16O3/c1-19-10-9-12-7-8-14(15(17)11-12)16(18)13-5-3-2-4-6-13/h2-8,11,17H,9-10H2,1H3. The van der Waals surface area contributed by atoms with E-state index in [9.17, 15) is 9.90 Å². The molecule has 0 unspecified atom stereocenters. The molecule has 0 saturated heterocycles. The lowest BCUT2D eigenvalue weighted by Crippen LogP contribution is -2.02. The highest BCUT2D eigenvalue weighted by molar-refractivity contribution is 6.10. The molecule has 0 saturated carbocycles. The zero-order chi connectivity index (χ0) is 13.7. The number of benzene rings is 2.